The fourth-order valence-electron chi connectivity index (χ4n) is 2.57. The third-order valence-electron chi connectivity index (χ3n) is 3.88. The van der Waals surface area contributed by atoms with E-state index in [2.05, 4.69) is 22.1 Å². The van der Waals surface area contributed by atoms with Gasteiger partial charge >= 0.3 is 0 Å². The third-order valence-corrected chi connectivity index (χ3v) is 4.86. The molecule has 1 amide bonds. The first-order chi connectivity index (χ1) is 13.9. The Kier molecular flexibility index (Phi) is 6.46. The van der Waals surface area contributed by atoms with Gasteiger partial charge in [-0.25, -0.2) is 10.4 Å². The fourth-order valence-corrected chi connectivity index (χ4v) is 3.36. The second kappa shape index (κ2) is 9.20. The second-order valence-corrected chi connectivity index (χ2v) is 7.38. The number of thioether (sulfide) groups is 1. The monoisotopic (exact) mass is 408 g/mol. The molecule has 0 aliphatic rings. The highest BCUT2D eigenvalue weighted by Crippen LogP contribution is 2.18. The first-order valence-corrected chi connectivity index (χ1v) is 9.80. The van der Waals surface area contributed by atoms with Crippen molar-refractivity contribution >= 4 is 34.8 Å². The number of hydrazone groups is 1. The van der Waals surface area contributed by atoms with Crippen molar-refractivity contribution in [1.29, 1.82) is 0 Å². The molecule has 3 aromatic rings. The molecule has 1 aromatic heterocycles. The molecule has 0 spiro atoms. The van der Waals surface area contributed by atoms with Crippen molar-refractivity contribution in [3.63, 3.8) is 0 Å². The zero-order valence-corrected chi connectivity index (χ0v) is 16.6. The Labute approximate surface area is 171 Å². The number of benzene rings is 2. The van der Waals surface area contributed by atoms with E-state index in [0.717, 1.165) is 11.1 Å². The summed E-state index contributed by atoms with van der Waals surface area (Å²) in [5.41, 5.74) is 4.42. The van der Waals surface area contributed by atoms with Gasteiger partial charge in [0, 0.05) is 6.54 Å². The van der Waals surface area contributed by atoms with Gasteiger partial charge in [-0.05, 0) is 48.9 Å². The molecule has 2 N–H and O–H groups in total. The van der Waals surface area contributed by atoms with Crippen molar-refractivity contribution < 1.29 is 9.90 Å². The molecule has 0 bridgehead atoms. The molecule has 0 saturated heterocycles. The van der Waals surface area contributed by atoms with Crippen molar-refractivity contribution in [3.05, 3.63) is 76.6 Å². The Morgan fingerprint density at radius 3 is 2.72 bits per heavy atom. The molecule has 1 heterocycles. The SMILES string of the molecule is C=C(C)Cn1c(SCC(=O)N/N=C\c2ccc(O)cc2)nc2ccccc2c1=O. The highest BCUT2D eigenvalue weighted by atomic mass is 32.2. The van der Waals surface area contributed by atoms with Crippen LogP contribution in [-0.2, 0) is 11.3 Å². The number of fused-ring (bicyclic) bond motifs is 1. The number of amides is 1. The van der Waals surface area contributed by atoms with E-state index in [1.54, 1.807) is 30.3 Å². The average molecular weight is 408 g/mol. The average Bonchev–Trinajstić information content (AvgIpc) is 2.70. The van der Waals surface area contributed by atoms with Crippen LogP contribution in [-0.4, -0.2) is 32.5 Å². The minimum atomic E-state index is -0.325. The number of phenolic OH excluding ortho intramolecular Hbond substituents is 1. The molecular formula is C21H20N4O3S. The lowest BCUT2D eigenvalue weighted by Crippen LogP contribution is -2.25. The van der Waals surface area contributed by atoms with Crippen LogP contribution in [0, 0.1) is 0 Å². The van der Waals surface area contributed by atoms with Crippen LogP contribution in [0.25, 0.3) is 10.9 Å². The van der Waals surface area contributed by atoms with Crippen molar-refractivity contribution in [1.82, 2.24) is 15.0 Å². The van der Waals surface area contributed by atoms with Gasteiger partial charge in [-0.1, -0.05) is 36.0 Å². The largest absolute Gasteiger partial charge is 0.508 e. The minimum Gasteiger partial charge on any atom is -0.508 e. The van der Waals surface area contributed by atoms with Crippen LogP contribution in [0.3, 0.4) is 0 Å². The molecule has 0 fully saturated rings. The van der Waals surface area contributed by atoms with Crippen molar-refractivity contribution in [2.75, 3.05) is 5.75 Å². The highest BCUT2D eigenvalue weighted by molar-refractivity contribution is 7.99. The Hall–Kier alpha value is -3.39. The molecule has 0 radical (unpaired) electrons. The van der Waals surface area contributed by atoms with Crippen LogP contribution in [0.1, 0.15) is 12.5 Å². The van der Waals surface area contributed by atoms with E-state index in [-0.39, 0.29) is 23.0 Å². The number of para-hydroxylation sites is 1. The number of carbonyl (C=O) groups excluding carboxylic acids is 1. The Morgan fingerprint density at radius 1 is 1.28 bits per heavy atom. The van der Waals surface area contributed by atoms with E-state index in [0.29, 0.717) is 22.6 Å². The number of nitrogens with one attached hydrogen (secondary N) is 1. The number of rotatable bonds is 7. The van der Waals surface area contributed by atoms with Crippen molar-refractivity contribution in [2.45, 2.75) is 18.6 Å². The van der Waals surface area contributed by atoms with Crippen LogP contribution >= 0.6 is 11.8 Å². The number of carbonyl (C=O) groups is 1. The van der Waals surface area contributed by atoms with Gasteiger partial charge in [0.05, 0.1) is 22.9 Å². The zero-order valence-electron chi connectivity index (χ0n) is 15.8. The van der Waals surface area contributed by atoms with Crippen LogP contribution in [0.5, 0.6) is 5.75 Å². The molecular weight excluding hydrogens is 388 g/mol. The topological polar surface area (TPSA) is 96.6 Å². The quantitative estimate of drug-likeness (QED) is 0.206. The maximum Gasteiger partial charge on any atom is 0.262 e. The van der Waals surface area contributed by atoms with E-state index in [4.69, 9.17) is 0 Å². The Balaban J connectivity index is 1.71. The van der Waals surface area contributed by atoms with E-state index in [1.165, 1.54) is 34.7 Å². The number of aromatic hydroxyl groups is 1. The van der Waals surface area contributed by atoms with Gasteiger partial charge in [0.25, 0.3) is 11.5 Å². The number of hydrogen-bond donors (Lipinski definition) is 2. The van der Waals surface area contributed by atoms with E-state index in [9.17, 15) is 14.7 Å². The first kappa shape index (κ1) is 20.3. The summed E-state index contributed by atoms with van der Waals surface area (Å²) in [5, 5.41) is 14.1. The molecule has 3 rings (SSSR count). The van der Waals surface area contributed by atoms with Crippen LogP contribution in [0.2, 0.25) is 0 Å². The highest BCUT2D eigenvalue weighted by Gasteiger charge is 2.13. The molecule has 148 valence electrons. The van der Waals surface area contributed by atoms with Gasteiger partial charge in [0.1, 0.15) is 5.75 Å². The lowest BCUT2D eigenvalue weighted by molar-refractivity contribution is -0.118. The lowest BCUT2D eigenvalue weighted by Gasteiger charge is -2.12. The molecule has 29 heavy (non-hydrogen) atoms. The molecule has 0 aliphatic heterocycles. The molecule has 7 nitrogen and oxygen atoms in total. The van der Waals surface area contributed by atoms with Crippen molar-refractivity contribution in [3.8, 4) is 5.75 Å². The fraction of sp³-hybridized carbons (Fsp3) is 0.143. The summed E-state index contributed by atoms with van der Waals surface area (Å²) in [5.74, 6) is -0.117. The molecule has 2 aromatic carbocycles. The Morgan fingerprint density at radius 2 is 2.00 bits per heavy atom. The maximum absolute atomic E-state index is 12.8. The molecule has 0 aliphatic carbocycles. The van der Waals surface area contributed by atoms with Crippen LogP contribution in [0.4, 0.5) is 0 Å². The van der Waals surface area contributed by atoms with Crippen LogP contribution < -0.4 is 11.0 Å². The molecule has 8 heteroatoms. The third kappa shape index (κ3) is 5.32. The van der Waals surface area contributed by atoms with Gasteiger partial charge in [0.15, 0.2) is 5.16 Å². The van der Waals surface area contributed by atoms with E-state index in [1.807, 2.05) is 13.0 Å². The van der Waals surface area contributed by atoms with Gasteiger partial charge in [-0.15, -0.1) is 0 Å². The predicted molar refractivity (Wildman–Crippen MR) is 115 cm³/mol. The smallest absolute Gasteiger partial charge is 0.262 e. The van der Waals surface area contributed by atoms with Gasteiger partial charge in [-0.2, -0.15) is 5.10 Å². The van der Waals surface area contributed by atoms with Gasteiger partial charge in [-0.3, -0.25) is 14.2 Å². The first-order valence-electron chi connectivity index (χ1n) is 8.82. The van der Waals surface area contributed by atoms with Gasteiger partial charge in [0.2, 0.25) is 0 Å². The number of allylic oxidation sites excluding steroid dienone is 1. The van der Waals surface area contributed by atoms with Crippen molar-refractivity contribution in [2.24, 2.45) is 5.10 Å². The van der Waals surface area contributed by atoms with Crippen LogP contribution in [0.15, 0.2) is 75.7 Å². The summed E-state index contributed by atoms with van der Waals surface area (Å²) < 4.78 is 1.53. The molecule has 0 atom stereocenters. The van der Waals surface area contributed by atoms with Gasteiger partial charge < -0.3 is 5.11 Å². The zero-order chi connectivity index (χ0) is 20.8. The lowest BCUT2D eigenvalue weighted by atomic mass is 10.2. The number of aromatic nitrogens is 2. The predicted octanol–water partition coefficient (Wildman–Crippen LogP) is 2.92. The summed E-state index contributed by atoms with van der Waals surface area (Å²) in [6.07, 6.45) is 1.48. The minimum absolute atomic E-state index is 0.0495. The van der Waals surface area contributed by atoms with E-state index >= 15 is 0 Å². The summed E-state index contributed by atoms with van der Waals surface area (Å²) in [6, 6.07) is 13.5. The normalized spacial score (nSPS) is 11.1. The summed E-state index contributed by atoms with van der Waals surface area (Å²) in [7, 11) is 0. The number of phenols is 1. The summed E-state index contributed by atoms with van der Waals surface area (Å²) in [6.45, 7) is 6.04. The number of nitrogens with zero attached hydrogens (tertiary/aromatic N) is 3. The molecule has 0 unspecified atom stereocenters. The maximum atomic E-state index is 12.8. The number of hydrogen-bond acceptors (Lipinski definition) is 6. The summed E-state index contributed by atoms with van der Waals surface area (Å²) in [4.78, 5) is 29.5. The standard InChI is InChI=1S/C21H20N4O3S/c1-14(2)12-25-20(28)17-5-3-4-6-18(17)23-21(25)29-13-19(27)24-22-11-15-7-9-16(26)10-8-15/h3-11,26H,1,12-13H2,2H3,(H,24,27)/b22-11-. The Bertz CT molecular complexity index is 1140. The second-order valence-electron chi connectivity index (χ2n) is 6.43. The summed E-state index contributed by atoms with van der Waals surface area (Å²) >= 11 is 1.17. The molecule has 0 saturated carbocycles. The van der Waals surface area contributed by atoms with E-state index < -0.39 is 0 Å².